The summed E-state index contributed by atoms with van der Waals surface area (Å²) >= 11 is 0. The molecule has 0 aromatic carbocycles. The summed E-state index contributed by atoms with van der Waals surface area (Å²) in [7, 11) is 0. The predicted molar refractivity (Wildman–Crippen MR) is 67.1 cm³/mol. The van der Waals surface area contributed by atoms with Crippen LogP contribution >= 0.6 is 0 Å². The van der Waals surface area contributed by atoms with Crippen LogP contribution in [0, 0.1) is 16.0 Å². The highest BCUT2D eigenvalue weighted by Gasteiger charge is 2.17. The number of nitrogens with one attached hydrogen (secondary N) is 1. The highest BCUT2D eigenvalue weighted by Crippen LogP contribution is 2.16. The van der Waals surface area contributed by atoms with Crippen LogP contribution in [0.25, 0.3) is 0 Å². The van der Waals surface area contributed by atoms with Crippen molar-refractivity contribution in [3.05, 3.63) is 27.9 Å². The second-order valence-corrected chi connectivity index (χ2v) is 4.11. The minimum absolute atomic E-state index is 0.0833. The smallest absolute Gasteiger partial charge is 0.364 e. The van der Waals surface area contributed by atoms with Crippen molar-refractivity contribution in [1.82, 2.24) is 10.3 Å². The zero-order valence-corrected chi connectivity index (χ0v) is 10.3. The lowest BCUT2D eigenvalue weighted by Gasteiger charge is -2.10. The van der Waals surface area contributed by atoms with Gasteiger partial charge >= 0.3 is 5.82 Å². The first-order valence-electron chi connectivity index (χ1n) is 5.63. The fourth-order valence-corrected chi connectivity index (χ4v) is 1.26. The lowest BCUT2D eigenvalue weighted by Crippen LogP contribution is -2.28. The van der Waals surface area contributed by atoms with Crippen molar-refractivity contribution in [2.45, 2.75) is 20.3 Å². The van der Waals surface area contributed by atoms with Crippen molar-refractivity contribution in [2.75, 3.05) is 12.3 Å². The van der Waals surface area contributed by atoms with Gasteiger partial charge in [0.1, 0.15) is 0 Å². The van der Waals surface area contributed by atoms with Crippen LogP contribution in [0.4, 0.5) is 11.5 Å². The monoisotopic (exact) mass is 252 g/mol. The fourth-order valence-electron chi connectivity index (χ4n) is 1.26. The van der Waals surface area contributed by atoms with Gasteiger partial charge in [-0.15, -0.1) is 0 Å². The van der Waals surface area contributed by atoms with Gasteiger partial charge in [0, 0.05) is 6.54 Å². The summed E-state index contributed by atoms with van der Waals surface area (Å²) in [6.45, 7) is 4.52. The number of carbonyl (C=O) groups is 1. The molecule has 1 unspecified atom stereocenters. The maximum Gasteiger partial charge on any atom is 0.364 e. The Bertz CT molecular complexity index is 462. The van der Waals surface area contributed by atoms with E-state index in [1.54, 1.807) is 0 Å². The van der Waals surface area contributed by atoms with Crippen LogP contribution in [0.2, 0.25) is 0 Å². The van der Waals surface area contributed by atoms with E-state index in [1.165, 1.54) is 0 Å². The normalized spacial score (nSPS) is 11.9. The predicted octanol–water partition coefficient (Wildman–Crippen LogP) is 1.35. The summed E-state index contributed by atoms with van der Waals surface area (Å²) < 4.78 is 0. The molecule has 0 bridgehead atoms. The van der Waals surface area contributed by atoms with E-state index < -0.39 is 16.6 Å². The van der Waals surface area contributed by atoms with Gasteiger partial charge in [-0.1, -0.05) is 20.3 Å². The maximum atomic E-state index is 11.8. The van der Waals surface area contributed by atoms with E-state index in [1.807, 2.05) is 13.8 Å². The van der Waals surface area contributed by atoms with Crippen molar-refractivity contribution in [2.24, 2.45) is 5.92 Å². The SMILES string of the molecule is CCC(C)CNC(=O)c1cc([N+](=O)[O-])ncc1N. The topological polar surface area (TPSA) is 111 Å². The Morgan fingerprint density at radius 3 is 2.89 bits per heavy atom. The molecule has 7 nitrogen and oxygen atoms in total. The quantitative estimate of drug-likeness (QED) is 0.606. The largest absolute Gasteiger partial charge is 0.395 e. The van der Waals surface area contributed by atoms with E-state index in [4.69, 9.17) is 5.73 Å². The Morgan fingerprint density at radius 2 is 2.33 bits per heavy atom. The number of nitrogens with two attached hydrogens (primary N) is 1. The van der Waals surface area contributed by atoms with Gasteiger partial charge < -0.3 is 21.2 Å². The average Bonchev–Trinajstić information content (AvgIpc) is 2.35. The second kappa shape index (κ2) is 5.95. The molecule has 0 saturated carbocycles. The number of amides is 1. The molecule has 0 aliphatic rings. The molecule has 3 N–H and O–H groups in total. The highest BCUT2D eigenvalue weighted by molar-refractivity contribution is 5.99. The average molecular weight is 252 g/mol. The molecular weight excluding hydrogens is 236 g/mol. The lowest BCUT2D eigenvalue weighted by molar-refractivity contribution is -0.389. The first kappa shape index (κ1) is 13.9. The van der Waals surface area contributed by atoms with E-state index in [9.17, 15) is 14.9 Å². The Balaban J connectivity index is 2.84. The Hall–Kier alpha value is -2.18. The molecule has 1 aromatic rings. The Labute approximate surface area is 105 Å². The summed E-state index contributed by atoms with van der Waals surface area (Å²) in [5, 5.41) is 13.3. The van der Waals surface area contributed by atoms with E-state index in [-0.39, 0.29) is 11.3 Å². The van der Waals surface area contributed by atoms with Crippen LogP contribution in [-0.2, 0) is 0 Å². The first-order chi connectivity index (χ1) is 8.45. The number of rotatable bonds is 5. The molecular formula is C11H16N4O3. The molecule has 1 aromatic heterocycles. The first-order valence-corrected chi connectivity index (χ1v) is 5.63. The standard InChI is InChI=1S/C11H16N4O3/c1-3-7(2)5-14-11(16)8-4-10(15(17)18)13-6-9(8)12/h4,6-7H,3,5,12H2,1-2H3,(H,14,16). The zero-order chi connectivity index (χ0) is 13.7. The molecule has 0 spiro atoms. The Morgan fingerprint density at radius 1 is 1.67 bits per heavy atom. The number of nitrogens with zero attached hydrogens (tertiary/aromatic N) is 2. The van der Waals surface area contributed by atoms with E-state index in [2.05, 4.69) is 10.3 Å². The number of aromatic nitrogens is 1. The molecule has 1 rings (SSSR count). The third-order valence-corrected chi connectivity index (χ3v) is 2.66. The number of hydrogen-bond donors (Lipinski definition) is 2. The summed E-state index contributed by atoms with van der Waals surface area (Å²) in [6, 6.07) is 1.08. The molecule has 1 atom stereocenters. The van der Waals surface area contributed by atoms with Gasteiger partial charge in [-0.05, 0) is 15.8 Å². The molecule has 18 heavy (non-hydrogen) atoms. The molecule has 0 saturated heterocycles. The number of nitrogen functional groups attached to an aromatic ring is 1. The van der Waals surface area contributed by atoms with Crippen molar-refractivity contribution >= 4 is 17.4 Å². The fraction of sp³-hybridized carbons (Fsp3) is 0.455. The van der Waals surface area contributed by atoms with Crippen LogP contribution in [0.5, 0.6) is 0 Å². The van der Waals surface area contributed by atoms with Crippen LogP contribution in [0.3, 0.4) is 0 Å². The van der Waals surface area contributed by atoms with E-state index in [0.717, 1.165) is 18.7 Å². The summed E-state index contributed by atoms with van der Waals surface area (Å²) in [4.78, 5) is 25.3. The number of nitro groups is 1. The molecule has 7 heteroatoms. The molecule has 1 amide bonds. The molecule has 0 aliphatic carbocycles. The zero-order valence-electron chi connectivity index (χ0n) is 10.3. The third-order valence-electron chi connectivity index (χ3n) is 2.66. The van der Waals surface area contributed by atoms with Gasteiger partial charge in [0.05, 0.1) is 17.3 Å². The number of carbonyl (C=O) groups excluding carboxylic acids is 1. The lowest BCUT2D eigenvalue weighted by atomic mass is 10.1. The summed E-state index contributed by atoms with van der Waals surface area (Å²) in [6.07, 6.45) is 2.06. The van der Waals surface area contributed by atoms with Crippen molar-refractivity contribution < 1.29 is 9.72 Å². The molecule has 0 fully saturated rings. The summed E-state index contributed by atoms with van der Waals surface area (Å²) in [5.74, 6) is -0.469. The van der Waals surface area contributed by atoms with Gasteiger partial charge in [-0.2, -0.15) is 0 Å². The maximum absolute atomic E-state index is 11.8. The van der Waals surface area contributed by atoms with Gasteiger partial charge in [0.15, 0.2) is 6.20 Å². The van der Waals surface area contributed by atoms with Gasteiger partial charge in [-0.3, -0.25) is 4.79 Å². The van der Waals surface area contributed by atoms with Crippen LogP contribution < -0.4 is 11.1 Å². The van der Waals surface area contributed by atoms with Crippen molar-refractivity contribution in [1.29, 1.82) is 0 Å². The van der Waals surface area contributed by atoms with E-state index in [0.29, 0.717) is 12.5 Å². The number of pyridine rings is 1. The van der Waals surface area contributed by atoms with Gasteiger partial charge in [0.25, 0.3) is 5.91 Å². The van der Waals surface area contributed by atoms with E-state index >= 15 is 0 Å². The molecule has 98 valence electrons. The van der Waals surface area contributed by atoms with Crippen LogP contribution in [0.15, 0.2) is 12.3 Å². The van der Waals surface area contributed by atoms with Gasteiger partial charge in [-0.25, -0.2) is 0 Å². The molecule has 0 radical (unpaired) electrons. The number of hydrogen-bond acceptors (Lipinski definition) is 5. The second-order valence-electron chi connectivity index (χ2n) is 4.11. The minimum Gasteiger partial charge on any atom is -0.395 e. The minimum atomic E-state index is -0.662. The van der Waals surface area contributed by atoms with Crippen molar-refractivity contribution in [3.8, 4) is 0 Å². The highest BCUT2D eigenvalue weighted by atomic mass is 16.6. The Kier molecular flexibility index (Phi) is 4.59. The summed E-state index contributed by atoms with van der Waals surface area (Å²) in [5.41, 5.74) is 5.79. The molecule has 1 heterocycles. The van der Waals surface area contributed by atoms with Gasteiger partial charge in [0.2, 0.25) is 0 Å². The van der Waals surface area contributed by atoms with Crippen LogP contribution in [0.1, 0.15) is 30.6 Å². The van der Waals surface area contributed by atoms with Crippen molar-refractivity contribution in [3.63, 3.8) is 0 Å². The third kappa shape index (κ3) is 3.41. The number of anilines is 1. The van der Waals surface area contributed by atoms with Crippen LogP contribution in [-0.4, -0.2) is 22.4 Å². The molecule has 0 aliphatic heterocycles.